The zero-order valence-electron chi connectivity index (χ0n) is 12.6. The highest BCUT2D eigenvalue weighted by molar-refractivity contribution is 7.71. The zero-order chi connectivity index (χ0) is 15.9. The number of benzene rings is 1. The number of nitrogens with zero attached hydrogens (tertiary/aromatic N) is 3. The molecule has 0 unspecified atom stereocenters. The lowest BCUT2D eigenvalue weighted by molar-refractivity contribution is 0.102. The van der Waals surface area contributed by atoms with Gasteiger partial charge in [-0.3, -0.25) is 4.79 Å². The van der Waals surface area contributed by atoms with E-state index in [0.717, 1.165) is 16.9 Å². The molecule has 0 bridgehead atoms. The summed E-state index contributed by atoms with van der Waals surface area (Å²) in [5.41, 5.74) is 3.56. The van der Waals surface area contributed by atoms with Crippen molar-refractivity contribution < 1.29 is 4.79 Å². The highest BCUT2D eigenvalue weighted by Crippen LogP contribution is 2.21. The normalized spacial score (nSPS) is 10.9. The Morgan fingerprint density at radius 2 is 1.86 bits per heavy atom. The fourth-order valence-corrected chi connectivity index (χ4v) is 2.70. The molecule has 1 aromatic carbocycles. The van der Waals surface area contributed by atoms with Crippen molar-refractivity contribution in [2.75, 3.05) is 5.32 Å². The van der Waals surface area contributed by atoms with Crippen molar-refractivity contribution in [1.29, 1.82) is 0 Å². The summed E-state index contributed by atoms with van der Waals surface area (Å²) in [4.78, 5) is 17.2. The van der Waals surface area contributed by atoms with Gasteiger partial charge in [0.25, 0.3) is 5.91 Å². The fraction of sp³-hybridized carbons (Fsp3) is 0.188. The van der Waals surface area contributed by atoms with E-state index in [9.17, 15) is 4.79 Å². The lowest BCUT2D eigenvalue weighted by Crippen LogP contribution is -2.14. The van der Waals surface area contributed by atoms with Crippen molar-refractivity contribution in [2.24, 2.45) is 14.1 Å². The average Bonchev–Trinajstić information content (AvgIpc) is 2.72. The number of aryl methyl sites for hydroxylation is 3. The summed E-state index contributed by atoms with van der Waals surface area (Å²) in [6.07, 6.45) is 0. The predicted molar refractivity (Wildman–Crippen MR) is 89.7 cm³/mol. The Labute approximate surface area is 133 Å². The van der Waals surface area contributed by atoms with Crippen molar-refractivity contribution in [3.63, 3.8) is 0 Å². The molecule has 0 saturated heterocycles. The molecule has 6 heteroatoms. The molecule has 0 saturated carbocycles. The van der Waals surface area contributed by atoms with Crippen LogP contribution in [-0.2, 0) is 14.1 Å². The molecule has 1 N–H and O–H groups in total. The first-order chi connectivity index (χ1) is 10.5. The SMILES string of the molecule is Cc1cc(C(=O)Nc2ccccc2)c2c(n1)n(C)c(=S)n2C. The van der Waals surface area contributed by atoms with Gasteiger partial charge >= 0.3 is 0 Å². The van der Waals surface area contributed by atoms with Gasteiger partial charge in [-0.15, -0.1) is 0 Å². The summed E-state index contributed by atoms with van der Waals surface area (Å²) in [5, 5.41) is 2.91. The molecule has 0 fully saturated rings. The fourth-order valence-electron chi connectivity index (χ4n) is 2.52. The third-order valence-corrected chi connectivity index (χ3v) is 4.15. The minimum atomic E-state index is -0.169. The molecular weight excluding hydrogens is 296 g/mol. The van der Waals surface area contributed by atoms with E-state index < -0.39 is 0 Å². The van der Waals surface area contributed by atoms with Crippen LogP contribution in [0.3, 0.4) is 0 Å². The summed E-state index contributed by atoms with van der Waals surface area (Å²) >= 11 is 5.37. The Morgan fingerprint density at radius 1 is 1.18 bits per heavy atom. The lowest BCUT2D eigenvalue weighted by atomic mass is 10.2. The topological polar surface area (TPSA) is 51.9 Å². The molecule has 0 aliphatic carbocycles. The van der Waals surface area contributed by atoms with E-state index in [-0.39, 0.29) is 5.91 Å². The van der Waals surface area contributed by atoms with Crippen molar-refractivity contribution in [2.45, 2.75) is 6.92 Å². The van der Waals surface area contributed by atoms with E-state index in [1.165, 1.54) is 0 Å². The maximum atomic E-state index is 12.7. The van der Waals surface area contributed by atoms with Crippen molar-refractivity contribution >= 4 is 35.0 Å². The minimum Gasteiger partial charge on any atom is -0.322 e. The molecule has 2 aromatic heterocycles. The monoisotopic (exact) mass is 312 g/mol. The van der Waals surface area contributed by atoms with Crippen LogP contribution < -0.4 is 5.32 Å². The number of hydrogen-bond acceptors (Lipinski definition) is 3. The second-order valence-corrected chi connectivity index (χ2v) is 5.57. The van der Waals surface area contributed by atoms with Gasteiger partial charge in [0.2, 0.25) is 0 Å². The molecule has 22 heavy (non-hydrogen) atoms. The molecule has 5 nitrogen and oxygen atoms in total. The van der Waals surface area contributed by atoms with E-state index in [0.29, 0.717) is 16.0 Å². The Morgan fingerprint density at radius 3 is 2.55 bits per heavy atom. The number of rotatable bonds is 2. The standard InChI is InChI=1S/C16H16N4OS/c1-10-9-12(15(21)18-11-7-5-4-6-8-11)13-14(17-10)20(3)16(22)19(13)2/h4-9H,1-3H3,(H,18,21). The zero-order valence-corrected chi connectivity index (χ0v) is 13.4. The first-order valence-corrected chi connectivity index (χ1v) is 7.29. The molecule has 3 aromatic rings. The van der Waals surface area contributed by atoms with Crippen LogP contribution in [0, 0.1) is 11.7 Å². The number of aromatic nitrogens is 3. The quantitative estimate of drug-likeness (QED) is 0.739. The lowest BCUT2D eigenvalue weighted by Gasteiger charge is -2.08. The van der Waals surface area contributed by atoms with Gasteiger partial charge in [-0.2, -0.15) is 0 Å². The smallest absolute Gasteiger partial charge is 0.257 e. The van der Waals surface area contributed by atoms with Gasteiger partial charge in [0, 0.05) is 25.5 Å². The first-order valence-electron chi connectivity index (χ1n) is 6.88. The molecule has 2 heterocycles. The van der Waals surface area contributed by atoms with E-state index >= 15 is 0 Å². The number of amides is 1. The summed E-state index contributed by atoms with van der Waals surface area (Å²) in [5.74, 6) is -0.169. The highest BCUT2D eigenvalue weighted by atomic mass is 32.1. The number of carbonyl (C=O) groups is 1. The third kappa shape index (κ3) is 2.31. The second-order valence-electron chi connectivity index (χ2n) is 5.20. The molecule has 0 atom stereocenters. The summed E-state index contributed by atoms with van der Waals surface area (Å²) in [6.45, 7) is 1.87. The molecule has 112 valence electrons. The van der Waals surface area contributed by atoms with Crippen LogP contribution in [0.5, 0.6) is 0 Å². The maximum Gasteiger partial charge on any atom is 0.257 e. The Kier molecular flexibility index (Phi) is 3.54. The average molecular weight is 312 g/mol. The van der Waals surface area contributed by atoms with Gasteiger partial charge in [-0.1, -0.05) is 18.2 Å². The minimum absolute atomic E-state index is 0.169. The van der Waals surface area contributed by atoms with Crippen molar-refractivity contribution in [3.8, 4) is 0 Å². The first kappa shape index (κ1) is 14.5. The Bertz CT molecular complexity index is 925. The number of carbonyl (C=O) groups excluding carboxylic acids is 1. The molecule has 0 radical (unpaired) electrons. The largest absolute Gasteiger partial charge is 0.322 e. The van der Waals surface area contributed by atoms with Crippen LogP contribution in [-0.4, -0.2) is 20.0 Å². The number of hydrogen-bond donors (Lipinski definition) is 1. The van der Waals surface area contributed by atoms with Crippen LogP contribution in [0.4, 0.5) is 5.69 Å². The molecular formula is C16H16N4OS. The highest BCUT2D eigenvalue weighted by Gasteiger charge is 2.17. The van der Waals surface area contributed by atoms with Crippen LogP contribution in [0.2, 0.25) is 0 Å². The van der Waals surface area contributed by atoms with E-state index in [2.05, 4.69) is 10.3 Å². The molecule has 0 aliphatic rings. The van der Waals surface area contributed by atoms with Crippen molar-refractivity contribution in [1.82, 2.24) is 14.1 Å². The van der Waals surface area contributed by atoms with Crippen LogP contribution in [0.1, 0.15) is 16.1 Å². The van der Waals surface area contributed by atoms with Gasteiger partial charge < -0.3 is 14.5 Å². The summed E-state index contributed by atoms with van der Waals surface area (Å²) in [7, 11) is 3.71. The van der Waals surface area contributed by atoms with Gasteiger partial charge in [-0.05, 0) is 37.3 Å². The second kappa shape index (κ2) is 5.38. The molecule has 1 amide bonds. The van der Waals surface area contributed by atoms with Crippen molar-refractivity contribution in [3.05, 3.63) is 52.4 Å². The Hall–Kier alpha value is -2.47. The Balaban J connectivity index is 2.16. The number of pyridine rings is 1. The van der Waals surface area contributed by atoms with Gasteiger partial charge in [0.05, 0.1) is 11.1 Å². The van der Waals surface area contributed by atoms with Crippen LogP contribution >= 0.6 is 12.2 Å². The van der Waals surface area contributed by atoms with Crippen LogP contribution in [0.25, 0.3) is 11.2 Å². The molecule has 0 spiro atoms. The summed E-state index contributed by atoms with van der Waals surface area (Å²) in [6, 6.07) is 11.2. The number of anilines is 1. The van der Waals surface area contributed by atoms with Gasteiger partial charge in [0.1, 0.15) is 0 Å². The van der Waals surface area contributed by atoms with E-state index in [1.807, 2.05) is 60.5 Å². The van der Waals surface area contributed by atoms with E-state index in [4.69, 9.17) is 12.2 Å². The number of imidazole rings is 1. The number of fused-ring (bicyclic) bond motifs is 1. The summed E-state index contributed by atoms with van der Waals surface area (Å²) < 4.78 is 4.26. The third-order valence-electron chi connectivity index (χ3n) is 3.61. The molecule has 3 rings (SSSR count). The number of nitrogens with one attached hydrogen (secondary N) is 1. The number of para-hydroxylation sites is 1. The maximum absolute atomic E-state index is 12.7. The van der Waals surface area contributed by atoms with Gasteiger partial charge in [-0.25, -0.2) is 4.98 Å². The van der Waals surface area contributed by atoms with E-state index in [1.54, 1.807) is 6.07 Å². The predicted octanol–water partition coefficient (Wildman–Crippen LogP) is 3.20. The molecule has 0 aliphatic heterocycles. The van der Waals surface area contributed by atoms with Crippen LogP contribution in [0.15, 0.2) is 36.4 Å². The van der Waals surface area contributed by atoms with Gasteiger partial charge in [0.15, 0.2) is 10.4 Å².